The fraction of sp³-hybridized carbons (Fsp3) is 0.455. The van der Waals surface area contributed by atoms with Gasteiger partial charge < -0.3 is 11.1 Å². The number of nitrogens with one attached hydrogen (secondary N) is 1. The zero-order valence-corrected chi connectivity index (χ0v) is 8.85. The lowest BCUT2D eigenvalue weighted by Gasteiger charge is -2.13. The molecule has 1 aromatic rings. The number of nitrogens with two attached hydrogens (primary N) is 1. The standard InChI is InChI=1S/C11H15F3N2/c12-11(13,14)9-5-1-2-6-10(9)16-8-4-3-7-15/h1-2,5-6,16H,3-4,7-8,15H2. The SMILES string of the molecule is NCCCCNc1ccccc1C(F)(F)F. The molecule has 0 unspecified atom stereocenters. The summed E-state index contributed by atoms with van der Waals surface area (Å²) in [5, 5.41) is 2.78. The zero-order valence-electron chi connectivity index (χ0n) is 8.85. The first-order valence-corrected chi connectivity index (χ1v) is 5.16. The summed E-state index contributed by atoms with van der Waals surface area (Å²) < 4.78 is 37.7. The molecule has 0 heterocycles. The third-order valence-corrected chi connectivity index (χ3v) is 2.18. The van der Waals surface area contributed by atoms with Gasteiger partial charge in [-0.3, -0.25) is 0 Å². The van der Waals surface area contributed by atoms with Gasteiger partial charge in [-0.1, -0.05) is 12.1 Å². The predicted octanol–water partition coefficient (Wildman–Crippen LogP) is 2.86. The van der Waals surface area contributed by atoms with E-state index in [0.717, 1.165) is 18.9 Å². The molecule has 0 aliphatic heterocycles. The molecule has 90 valence electrons. The van der Waals surface area contributed by atoms with Crippen LogP contribution in [0.15, 0.2) is 24.3 Å². The van der Waals surface area contributed by atoms with E-state index in [9.17, 15) is 13.2 Å². The van der Waals surface area contributed by atoms with E-state index >= 15 is 0 Å². The topological polar surface area (TPSA) is 38.0 Å². The molecule has 0 aliphatic rings. The molecule has 0 amide bonds. The number of hydrogen-bond donors (Lipinski definition) is 2. The maximum absolute atomic E-state index is 12.6. The number of anilines is 1. The molecule has 2 nitrogen and oxygen atoms in total. The van der Waals surface area contributed by atoms with E-state index in [-0.39, 0.29) is 5.69 Å². The van der Waals surface area contributed by atoms with Crippen molar-refractivity contribution in [2.45, 2.75) is 19.0 Å². The highest BCUT2D eigenvalue weighted by Gasteiger charge is 2.32. The van der Waals surface area contributed by atoms with E-state index < -0.39 is 11.7 Å². The molecule has 0 aromatic heterocycles. The largest absolute Gasteiger partial charge is 0.418 e. The van der Waals surface area contributed by atoms with Crippen LogP contribution < -0.4 is 11.1 Å². The minimum atomic E-state index is -4.31. The van der Waals surface area contributed by atoms with Gasteiger partial charge in [0.1, 0.15) is 0 Å². The average Bonchev–Trinajstić information content (AvgIpc) is 2.24. The van der Waals surface area contributed by atoms with Gasteiger partial charge in [0.2, 0.25) is 0 Å². The average molecular weight is 232 g/mol. The fourth-order valence-electron chi connectivity index (χ4n) is 1.38. The van der Waals surface area contributed by atoms with Crippen molar-refractivity contribution in [3.8, 4) is 0 Å². The second-order valence-corrected chi connectivity index (χ2v) is 3.47. The molecular formula is C11H15F3N2. The fourth-order valence-corrected chi connectivity index (χ4v) is 1.38. The molecule has 0 radical (unpaired) electrons. The number of rotatable bonds is 5. The Morgan fingerprint density at radius 3 is 2.44 bits per heavy atom. The summed E-state index contributed by atoms with van der Waals surface area (Å²) in [6, 6.07) is 5.48. The Balaban J connectivity index is 2.65. The van der Waals surface area contributed by atoms with Crippen LogP contribution in [0.25, 0.3) is 0 Å². The van der Waals surface area contributed by atoms with Crippen LogP contribution in [0.4, 0.5) is 18.9 Å². The maximum Gasteiger partial charge on any atom is 0.418 e. The van der Waals surface area contributed by atoms with Crippen molar-refractivity contribution in [2.75, 3.05) is 18.4 Å². The first-order chi connectivity index (χ1) is 7.55. The quantitative estimate of drug-likeness (QED) is 0.766. The summed E-state index contributed by atoms with van der Waals surface area (Å²) in [5.74, 6) is 0. The Morgan fingerprint density at radius 2 is 1.81 bits per heavy atom. The van der Waals surface area contributed by atoms with E-state index in [1.54, 1.807) is 6.07 Å². The molecule has 0 saturated heterocycles. The van der Waals surface area contributed by atoms with Gasteiger partial charge in [-0.15, -0.1) is 0 Å². The second kappa shape index (κ2) is 5.75. The lowest BCUT2D eigenvalue weighted by Crippen LogP contribution is -2.12. The normalized spacial score (nSPS) is 11.5. The second-order valence-electron chi connectivity index (χ2n) is 3.47. The van der Waals surface area contributed by atoms with Crippen molar-refractivity contribution in [1.82, 2.24) is 0 Å². The van der Waals surface area contributed by atoms with Crippen molar-refractivity contribution in [2.24, 2.45) is 5.73 Å². The van der Waals surface area contributed by atoms with Crippen molar-refractivity contribution in [3.63, 3.8) is 0 Å². The number of alkyl halides is 3. The van der Waals surface area contributed by atoms with Gasteiger partial charge in [-0.2, -0.15) is 13.2 Å². The van der Waals surface area contributed by atoms with Gasteiger partial charge in [-0.05, 0) is 31.5 Å². The van der Waals surface area contributed by atoms with Gasteiger partial charge in [0, 0.05) is 12.2 Å². The molecule has 0 bridgehead atoms. The third-order valence-electron chi connectivity index (χ3n) is 2.18. The Bertz CT molecular complexity index is 323. The Morgan fingerprint density at radius 1 is 1.12 bits per heavy atom. The molecule has 1 aromatic carbocycles. The summed E-state index contributed by atoms with van der Waals surface area (Å²) in [6.07, 6.45) is -2.73. The van der Waals surface area contributed by atoms with Crippen LogP contribution in [0.1, 0.15) is 18.4 Å². The van der Waals surface area contributed by atoms with Crippen LogP contribution in [-0.4, -0.2) is 13.1 Å². The molecule has 1 rings (SSSR count). The highest BCUT2D eigenvalue weighted by atomic mass is 19.4. The van der Waals surface area contributed by atoms with E-state index in [4.69, 9.17) is 5.73 Å². The summed E-state index contributed by atoms with van der Waals surface area (Å²) in [4.78, 5) is 0. The van der Waals surface area contributed by atoms with Crippen molar-refractivity contribution in [3.05, 3.63) is 29.8 Å². The van der Waals surface area contributed by atoms with Crippen LogP contribution in [0, 0.1) is 0 Å². The highest BCUT2D eigenvalue weighted by Crippen LogP contribution is 2.34. The van der Waals surface area contributed by atoms with Crippen LogP contribution >= 0.6 is 0 Å². The summed E-state index contributed by atoms with van der Waals surface area (Å²) in [6.45, 7) is 1.06. The minimum Gasteiger partial charge on any atom is -0.385 e. The smallest absolute Gasteiger partial charge is 0.385 e. The first-order valence-electron chi connectivity index (χ1n) is 5.16. The van der Waals surface area contributed by atoms with E-state index in [1.807, 2.05) is 0 Å². The Labute approximate surface area is 92.6 Å². The van der Waals surface area contributed by atoms with Gasteiger partial charge in [0.25, 0.3) is 0 Å². The minimum absolute atomic E-state index is 0.132. The number of para-hydroxylation sites is 1. The van der Waals surface area contributed by atoms with Crippen LogP contribution in [0.5, 0.6) is 0 Å². The van der Waals surface area contributed by atoms with Crippen molar-refractivity contribution in [1.29, 1.82) is 0 Å². The molecule has 0 saturated carbocycles. The number of unbranched alkanes of at least 4 members (excludes halogenated alkanes) is 1. The molecule has 0 fully saturated rings. The summed E-state index contributed by atoms with van der Waals surface area (Å²) >= 11 is 0. The molecule has 3 N–H and O–H groups in total. The van der Waals surface area contributed by atoms with Gasteiger partial charge in [0.05, 0.1) is 5.56 Å². The number of halogens is 3. The van der Waals surface area contributed by atoms with Crippen LogP contribution in [0.3, 0.4) is 0 Å². The van der Waals surface area contributed by atoms with E-state index in [1.165, 1.54) is 12.1 Å². The zero-order chi connectivity index (χ0) is 12.0. The highest BCUT2D eigenvalue weighted by molar-refractivity contribution is 5.52. The molecule has 0 spiro atoms. The van der Waals surface area contributed by atoms with Crippen molar-refractivity contribution >= 4 is 5.69 Å². The maximum atomic E-state index is 12.6. The Kier molecular flexibility index (Phi) is 4.61. The number of hydrogen-bond acceptors (Lipinski definition) is 2. The molecule has 0 aliphatic carbocycles. The molecule has 0 atom stereocenters. The van der Waals surface area contributed by atoms with E-state index in [2.05, 4.69) is 5.32 Å². The summed E-state index contributed by atoms with van der Waals surface area (Å²) in [7, 11) is 0. The molecule has 5 heteroatoms. The Hall–Kier alpha value is -1.23. The van der Waals surface area contributed by atoms with Crippen LogP contribution in [-0.2, 0) is 6.18 Å². The monoisotopic (exact) mass is 232 g/mol. The van der Waals surface area contributed by atoms with Gasteiger partial charge in [-0.25, -0.2) is 0 Å². The van der Waals surface area contributed by atoms with Gasteiger partial charge >= 0.3 is 6.18 Å². The van der Waals surface area contributed by atoms with E-state index in [0.29, 0.717) is 13.1 Å². The predicted molar refractivity (Wildman–Crippen MR) is 58.2 cm³/mol. The van der Waals surface area contributed by atoms with Crippen LogP contribution in [0.2, 0.25) is 0 Å². The first kappa shape index (κ1) is 12.8. The summed E-state index contributed by atoms with van der Waals surface area (Å²) in [5.41, 5.74) is 4.81. The lowest BCUT2D eigenvalue weighted by atomic mass is 10.1. The number of benzene rings is 1. The molecule has 16 heavy (non-hydrogen) atoms. The third kappa shape index (κ3) is 3.73. The lowest BCUT2D eigenvalue weighted by molar-refractivity contribution is -0.136. The molecular weight excluding hydrogens is 217 g/mol. The van der Waals surface area contributed by atoms with Gasteiger partial charge in [0.15, 0.2) is 0 Å². The van der Waals surface area contributed by atoms with Crippen molar-refractivity contribution < 1.29 is 13.2 Å².